The molecule has 5 heteroatoms. The Morgan fingerprint density at radius 3 is 2.66 bits per heavy atom. The zero-order chi connectivity index (χ0) is 19.9. The highest BCUT2D eigenvalue weighted by Gasteiger charge is 2.03. The lowest BCUT2D eigenvalue weighted by Gasteiger charge is -2.09. The smallest absolute Gasteiger partial charge is 0.271 e. The first kappa shape index (κ1) is 18.4. The summed E-state index contributed by atoms with van der Waals surface area (Å²) in [5, 5.41) is 6.40. The van der Waals surface area contributed by atoms with Crippen molar-refractivity contribution in [2.24, 2.45) is 5.10 Å². The Labute approximate surface area is 168 Å². The van der Waals surface area contributed by atoms with E-state index in [2.05, 4.69) is 39.8 Å². The number of pyridine rings is 1. The van der Waals surface area contributed by atoms with Crippen molar-refractivity contribution in [1.82, 2.24) is 10.4 Å². The minimum absolute atomic E-state index is 0.285. The monoisotopic (exact) mass is 381 g/mol. The number of fused-ring (bicyclic) bond motifs is 1. The van der Waals surface area contributed by atoms with Crippen molar-refractivity contribution >= 4 is 22.9 Å². The number of rotatable bonds is 6. The minimum Gasteiger partial charge on any atom is -0.489 e. The van der Waals surface area contributed by atoms with Gasteiger partial charge >= 0.3 is 0 Å². The fourth-order valence-electron chi connectivity index (χ4n) is 3.00. The summed E-state index contributed by atoms with van der Waals surface area (Å²) in [7, 11) is 0. The van der Waals surface area contributed by atoms with E-state index >= 15 is 0 Å². The van der Waals surface area contributed by atoms with Crippen LogP contribution in [0.3, 0.4) is 0 Å². The lowest BCUT2D eigenvalue weighted by Crippen LogP contribution is -2.17. The average Bonchev–Trinajstić information content (AvgIpc) is 2.78. The van der Waals surface area contributed by atoms with E-state index in [1.54, 1.807) is 30.7 Å². The van der Waals surface area contributed by atoms with Crippen molar-refractivity contribution in [3.63, 3.8) is 0 Å². The summed E-state index contributed by atoms with van der Waals surface area (Å²) in [5.74, 6) is 0.453. The third-order valence-corrected chi connectivity index (χ3v) is 4.45. The van der Waals surface area contributed by atoms with Gasteiger partial charge in [-0.1, -0.05) is 54.6 Å². The van der Waals surface area contributed by atoms with Crippen molar-refractivity contribution < 1.29 is 9.53 Å². The molecule has 29 heavy (non-hydrogen) atoms. The first-order valence-corrected chi connectivity index (χ1v) is 9.22. The van der Waals surface area contributed by atoms with Crippen LogP contribution >= 0.6 is 0 Å². The molecule has 1 aromatic heterocycles. The Hall–Kier alpha value is -3.99. The predicted molar refractivity (Wildman–Crippen MR) is 114 cm³/mol. The van der Waals surface area contributed by atoms with Gasteiger partial charge in [0.25, 0.3) is 5.91 Å². The number of nitrogens with one attached hydrogen (secondary N) is 1. The van der Waals surface area contributed by atoms with Crippen LogP contribution in [-0.4, -0.2) is 17.1 Å². The third kappa shape index (κ3) is 4.65. The quantitative estimate of drug-likeness (QED) is 0.393. The highest BCUT2D eigenvalue weighted by atomic mass is 16.5. The summed E-state index contributed by atoms with van der Waals surface area (Å²) >= 11 is 0. The maximum Gasteiger partial charge on any atom is 0.271 e. The van der Waals surface area contributed by atoms with Crippen LogP contribution in [0.25, 0.3) is 10.8 Å². The summed E-state index contributed by atoms with van der Waals surface area (Å²) in [6, 6.07) is 25.3. The van der Waals surface area contributed by atoms with Gasteiger partial charge in [-0.2, -0.15) is 5.10 Å². The molecule has 0 bridgehead atoms. The molecular weight excluding hydrogens is 362 g/mol. The number of carbonyl (C=O) groups excluding carboxylic acids is 1. The van der Waals surface area contributed by atoms with Crippen LogP contribution in [0, 0.1) is 0 Å². The van der Waals surface area contributed by atoms with Gasteiger partial charge in [0.15, 0.2) is 0 Å². The summed E-state index contributed by atoms with van der Waals surface area (Å²) in [6.45, 7) is 0.473. The lowest BCUT2D eigenvalue weighted by atomic mass is 10.1. The van der Waals surface area contributed by atoms with Gasteiger partial charge in [0, 0.05) is 18.0 Å². The van der Waals surface area contributed by atoms with Crippen LogP contribution < -0.4 is 10.2 Å². The van der Waals surface area contributed by atoms with Gasteiger partial charge in [-0.15, -0.1) is 0 Å². The number of benzene rings is 3. The van der Waals surface area contributed by atoms with Crippen LogP contribution in [0.1, 0.15) is 21.5 Å². The summed E-state index contributed by atoms with van der Waals surface area (Å²) in [5.41, 5.74) is 4.97. The van der Waals surface area contributed by atoms with Gasteiger partial charge in [-0.3, -0.25) is 9.78 Å². The number of hydrogen-bond donors (Lipinski definition) is 1. The molecule has 0 unspecified atom stereocenters. The standard InChI is InChI=1S/C24H19N3O2/c28-24(20-11-13-25-14-12-20)27-26-16-18-5-3-9-22(15-18)29-17-21-8-4-7-19-6-1-2-10-23(19)21/h1-16H,17H2,(H,27,28). The first-order valence-electron chi connectivity index (χ1n) is 9.22. The van der Waals surface area contributed by atoms with Crippen molar-refractivity contribution in [2.45, 2.75) is 6.61 Å². The SMILES string of the molecule is O=C(NN=Cc1cccc(OCc2cccc3ccccc23)c1)c1ccncc1. The van der Waals surface area contributed by atoms with Crippen molar-refractivity contribution in [1.29, 1.82) is 0 Å². The highest BCUT2D eigenvalue weighted by molar-refractivity contribution is 5.94. The fraction of sp³-hybridized carbons (Fsp3) is 0.0417. The number of hydrazone groups is 1. The van der Waals surface area contributed by atoms with Crippen molar-refractivity contribution in [3.8, 4) is 5.75 Å². The first-order chi connectivity index (χ1) is 14.3. The van der Waals surface area contributed by atoms with E-state index in [1.165, 1.54) is 10.8 Å². The molecule has 4 aromatic rings. The molecule has 0 atom stereocenters. The Kier molecular flexibility index (Phi) is 5.58. The maximum atomic E-state index is 12.0. The van der Waals surface area contributed by atoms with Crippen LogP contribution in [-0.2, 0) is 6.61 Å². The molecule has 4 rings (SSSR count). The Morgan fingerprint density at radius 1 is 0.966 bits per heavy atom. The van der Waals surface area contributed by atoms with Crippen LogP contribution in [0.15, 0.2) is 96.4 Å². The van der Waals surface area contributed by atoms with Crippen LogP contribution in [0.2, 0.25) is 0 Å². The molecule has 3 aromatic carbocycles. The molecule has 0 saturated carbocycles. The van der Waals surface area contributed by atoms with Crippen molar-refractivity contribution in [3.05, 3.63) is 108 Å². The van der Waals surface area contributed by atoms with E-state index < -0.39 is 0 Å². The summed E-state index contributed by atoms with van der Waals surface area (Å²) in [4.78, 5) is 15.9. The summed E-state index contributed by atoms with van der Waals surface area (Å²) in [6.07, 6.45) is 4.72. The molecule has 1 heterocycles. The number of ether oxygens (including phenoxy) is 1. The van der Waals surface area contributed by atoms with E-state index in [9.17, 15) is 4.79 Å². The topological polar surface area (TPSA) is 63.6 Å². The molecule has 0 aliphatic rings. The average molecular weight is 381 g/mol. The molecular formula is C24H19N3O2. The highest BCUT2D eigenvalue weighted by Crippen LogP contribution is 2.21. The van der Waals surface area contributed by atoms with Crippen LogP contribution in [0.4, 0.5) is 0 Å². The molecule has 0 saturated heterocycles. The second-order valence-corrected chi connectivity index (χ2v) is 6.43. The lowest BCUT2D eigenvalue weighted by molar-refractivity contribution is 0.0955. The number of hydrogen-bond acceptors (Lipinski definition) is 4. The zero-order valence-corrected chi connectivity index (χ0v) is 15.7. The number of carbonyl (C=O) groups is 1. The number of amides is 1. The Morgan fingerprint density at radius 2 is 1.76 bits per heavy atom. The number of nitrogens with zero attached hydrogens (tertiary/aromatic N) is 2. The summed E-state index contributed by atoms with van der Waals surface area (Å²) < 4.78 is 5.98. The Bertz CT molecular complexity index is 1150. The van der Waals surface area contributed by atoms with Gasteiger partial charge < -0.3 is 4.74 Å². The molecule has 1 N–H and O–H groups in total. The molecule has 0 fully saturated rings. The molecule has 0 radical (unpaired) electrons. The predicted octanol–water partition coefficient (Wildman–Crippen LogP) is 4.58. The van der Waals surface area contributed by atoms with Crippen molar-refractivity contribution in [2.75, 3.05) is 0 Å². The normalized spacial score (nSPS) is 10.9. The second-order valence-electron chi connectivity index (χ2n) is 6.43. The van der Waals surface area contributed by atoms with E-state index in [1.807, 2.05) is 42.5 Å². The van der Waals surface area contributed by atoms with E-state index in [0.717, 1.165) is 16.9 Å². The third-order valence-electron chi connectivity index (χ3n) is 4.45. The van der Waals surface area contributed by atoms with Gasteiger partial charge in [0.1, 0.15) is 12.4 Å². The maximum absolute atomic E-state index is 12.0. The van der Waals surface area contributed by atoms with Gasteiger partial charge in [0.2, 0.25) is 0 Å². The zero-order valence-electron chi connectivity index (χ0n) is 15.7. The van der Waals surface area contributed by atoms with Gasteiger partial charge in [-0.25, -0.2) is 5.43 Å². The second kappa shape index (κ2) is 8.80. The molecule has 5 nitrogen and oxygen atoms in total. The van der Waals surface area contributed by atoms with E-state index in [0.29, 0.717) is 12.2 Å². The largest absolute Gasteiger partial charge is 0.489 e. The Balaban J connectivity index is 1.40. The van der Waals surface area contributed by atoms with Gasteiger partial charge in [-0.05, 0) is 46.2 Å². The van der Waals surface area contributed by atoms with Gasteiger partial charge in [0.05, 0.1) is 6.21 Å². The minimum atomic E-state index is -0.285. The molecule has 142 valence electrons. The molecule has 0 aliphatic heterocycles. The van der Waals surface area contributed by atoms with E-state index in [-0.39, 0.29) is 5.91 Å². The molecule has 0 aliphatic carbocycles. The number of aromatic nitrogens is 1. The molecule has 1 amide bonds. The fourth-order valence-corrected chi connectivity index (χ4v) is 3.00. The van der Waals surface area contributed by atoms with E-state index in [4.69, 9.17) is 4.74 Å². The molecule has 0 spiro atoms. The van der Waals surface area contributed by atoms with Crippen LogP contribution in [0.5, 0.6) is 5.75 Å².